The van der Waals surface area contributed by atoms with Gasteiger partial charge in [0.05, 0.1) is 17.2 Å². The first-order valence-corrected chi connectivity index (χ1v) is 4.15. The van der Waals surface area contributed by atoms with Crippen LogP contribution in [0.2, 0.25) is 0 Å². The fourth-order valence-electron chi connectivity index (χ4n) is 0.717. The molecule has 0 aliphatic heterocycles. The van der Waals surface area contributed by atoms with Gasteiger partial charge in [0.15, 0.2) is 0 Å². The van der Waals surface area contributed by atoms with Gasteiger partial charge in [-0.05, 0) is 15.9 Å². The Bertz CT molecular complexity index is 242. The molecule has 3 nitrogen and oxygen atoms in total. The van der Waals surface area contributed by atoms with Gasteiger partial charge < -0.3 is 5.73 Å². The number of hydrogen-bond acceptors (Lipinski definition) is 2. The van der Waals surface area contributed by atoms with Crippen molar-refractivity contribution in [3.63, 3.8) is 0 Å². The van der Waals surface area contributed by atoms with Gasteiger partial charge in [-0.2, -0.15) is 5.10 Å². The van der Waals surface area contributed by atoms with Crippen molar-refractivity contribution in [2.75, 3.05) is 6.54 Å². The average molecular weight is 216 g/mol. The molecule has 0 aromatic carbocycles. The van der Waals surface area contributed by atoms with Crippen LogP contribution in [0.3, 0.4) is 0 Å². The molecular formula is C7H10BrN3. The summed E-state index contributed by atoms with van der Waals surface area (Å²) in [5, 5.41) is 4.07. The molecule has 2 N–H and O–H groups in total. The highest BCUT2D eigenvalue weighted by atomic mass is 79.9. The van der Waals surface area contributed by atoms with Crippen LogP contribution in [0.15, 0.2) is 29.0 Å². The van der Waals surface area contributed by atoms with E-state index >= 15 is 0 Å². The predicted octanol–water partition coefficient (Wildman–Crippen LogP) is 1.16. The van der Waals surface area contributed by atoms with Crippen molar-refractivity contribution >= 4 is 15.9 Å². The number of nitrogens with two attached hydrogens (primary N) is 1. The van der Waals surface area contributed by atoms with Gasteiger partial charge in [-0.25, -0.2) is 0 Å². The largest absolute Gasteiger partial charge is 0.327 e. The van der Waals surface area contributed by atoms with E-state index in [1.54, 1.807) is 6.20 Å². The predicted molar refractivity (Wildman–Crippen MR) is 48.1 cm³/mol. The minimum atomic E-state index is 0.586. The molecule has 0 fully saturated rings. The average Bonchev–Trinajstić information content (AvgIpc) is 2.37. The van der Waals surface area contributed by atoms with Crippen LogP contribution in [0.1, 0.15) is 0 Å². The van der Waals surface area contributed by atoms with Crippen molar-refractivity contribution in [1.82, 2.24) is 9.78 Å². The Hall–Kier alpha value is -0.610. The standard InChI is InChI=1S/C7H10BrN3/c8-7-5-10-11(6-7)4-2-1-3-9/h1-2,5-6H,3-4,9H2. The zero-order chi connectivity index (χ0) is 8.10. The highest BCUT2D eigenvalue weighted by Gasteiger charge is 1.89. The van der Waals surface area contributed by atoms with Crippen molar-refractivity contribution in [2.45, 2.75) is 6.54 Å². The zero-order valence-electron chi connectivity index (χ0n) is 6.07. The van der Waals surface area contributed by atoms with E-state index in [-0.39, 0.29) is 0 Å². The van der Waals surface area contributed by atoms with E-state index in [2.05, 4.69) is 21.0 Å². The second kappa shape index (κ2) is 4.31. The van der Waals surface area contributed by atoms with E-state index in [9.17, 15) is 0 Å². The van der Waals surface area contributed by atoms with Crippen LogP contribution in [-0.2, 0) is 6.54 Å². The van der Waals surface area contributed by atoms with Crippen LogP contribution in [0.4, 0.5) is 0 Å². The molecule has 4 heteroatoms. The van der Waals surface area contributed by atoms with E-state index in [0.29, 0.717) is 6.54 Å². The molecule has 0 saturated heterocycles. The number of nitrogens with zero attached hydrogens (tertiary/aromatic N) is 2. The molecule has 0 atom stereocenters. The Labute approximate surface area is 74.0 Å². The lowest BCUT2D eigenvalue weighted by Gasteiger charge is -1.91. The summed E-state index contributed by atoms with van der Waals surface area (Å²) >= 11 is 3.31. The molecular weight excluding hydrogens is 206 g/mol. The van der Waals surface area contributed by atoms with Crippen LogP contribution < -0.4 is 5.73 Å². The Morgan fingerprint density at radius 1 is 1.64 bits per heavy atom. The van der Waals surface area contributed by atoms with Crippen molar-refractivity contribution in [3.05, 3.63) is 29.0 Å². The maximum Gasteiger partial charge on any atom is 0.0632 e. The number of hydrogen-bond donors (Lipinski definition) is 1. The molecule has 0 amide bonds. The molecule has 60 valence electrons. The van der Waals surface area contributed by atoms with Gasteiger partial charge in [-0.15, -0.1) is 0 Å². The number of rotatable bonds is 3. The number of allylic oxidation sites excluding steroid dienone is 1. The van der Waals surface area contributed by atoms with Gasteiger partial charge in [0.2, 0.25) is 0 Å². The smallest absolute Gasteiger partial charge is 0.0632 e. The molecule has 1 rings (SSSR count). The molecule has 0 bridgehead atoms. The first kappa shape index (κ1) is 8.49. The quantitative estimate of drug-likeness (QED) is 0.770. The summed E-state index contributed by atoms with van der Waals surface area (Å²) in [7, 11) is 0. The van der Waals surface area contributed by atoms with Gasteiger partial charge in [0, 0.05) is 12.7 Å². The molecule has 1 aromatic rings. The van der Waals surface area contributed by atoms with E-state index in [0.717, 1.165) is 11.0 Å². The third kappa shape index (κ3) is 2.86. The lowest BCUT2D eigenvalue weighted by atomic mass is 10.5. The van der Waals surface area contributed by atoms with Gasteiger partial charge in [-0.3, -0.25) is 4.68 Å². The molecule has 0 unspecified atom stereocenters. The van der Waals surface area contributed by atoms with Gasteiger partial charge >= 0.3 is 0 Å². The van der Waals surface area contributed by atoms with Crippen LogP contribution in [0.5, 0.6) is 0 Å². The van der Waals surface area contributed by atoms with Crippen molar-refractivity contribution < 1.29 is 0 Å². The second-order valence-electron chi connectivity index (χ2n) is 2.09. The van der Waals surface area contributed by atoms with E-state index in [1.165, 1.54) is 0 Å². The molecule has 0 aliphatic carbocycles. The second-order valence-corrected chi connectivity index (χ2v) is 3.00. The van der Waals surface area contributed by atoms with Crippen LogP contribution in [-0.4, -0.2) is 16.3 Å². The molecule has 0 saturated carbocycles. The highest BCUT2D eigenvalue weighted by Crippen LogP contribution is 2.05. The highest BCUT2D eigenvalue weighted by molar-refractivity contribution is 9.10. The topological polar surface area (TPSA) is 43.8 Å². The third-order valence-electron chi connectivity index (χ3n) is 1.20. The van der Waals surface area contributed by atoms with Crippen molar-refractivity contribution in [1.29, 1.82) is 0 Å². The third-order valence-corrected chi connectivity index (χ3v) is 1.61. The first-order valence-electron chi connectivity index (χ1n) is 3.36. The summed E-state index contributed by atoms with van der Waals surface area (Å²) in [6, 6.07) is 0. The number of aromatic nitrogens is 2. The Morgan fingerprint density at radius 2 is 2.45 bits per heavy atom. The molecule has 11 heavy (non-hydrogen) atoms. The molecule has 1 aromatic heterocycles. The Kier molecular flexibility index (Phi) is 3.32. The van der Waals surface area contributed by atoms with E-state index in [1.807, 2.05) is 23.0 Å². The van der Waals surface area contributed by atoms with Crippen molar-refractivity contribution in [2.24, 2.45) is 5.73 Å². The molecule has 1 heterocycles. The summed E-state index contributed by atoms with van der Waals surface area (Å²) in [6.45, 7) is 1.37. The summed E-state index contributed by atoms with van der Waals surface area (Å²) in [5.41, 5.74) is 5.27. The van der Waals surface area contributed by atoms with Crippen molar-refractivity contribution in [3.8, 4) is 0 Å². The fourth-order valence-corrected chi connectivity index (χ4v) is 1.04. The summed E-state index contributed by atoms with van der Waals surface area (Å²) in [4.78, 5) is 0. The van der Waals surface area contributed by atoms with Crippen LogP contribution in [0, 0.1) is 0 Å². The first-order chi connectivity index (χ1) is 5.33. The lowest BCUT2D eigenvalue weighted by Crippen LogP contribution is -1.97. The minimum absolute atomic E-state index is 0.586. The maximum atomic E-state index is 5.27. The monoisotopic (exact) mass is 215 g/mol. The SMILES string of the molecule is NCC=CCn1cc(Br)cn1. The summed E-state index contributed by atoms with van der Waals surface area (Å²) < 4.78 is 2.83. The molecule has 0 radical (unpaired) electrons. The normalized spacial score (nSPS) is 11.1. The van der Waals surface area contributed by atoms with E-state index in [4.69, 9.17) is 5.73 Å². The minimum Gasteiger partial charge on any atom is -0.327 e. The lowest BCUT2D eigenvalue weighted by molar-refractivity contribution is 0.700. The molecule has 0 spiro atoms. The summed E-state index contributed by atoms with van der Waals surface area (Å²) in [5.74, 6) is 0. The van der Waals surface area contributed by atoms with Crippen LogP contribution in [0.25, 0.3) is 0 Å². The van der Waals surface area contributed by atoms with Crippen LogP contribution >= 0.6 is 15.9 Å². The zero-order valence-corrected chi connectivity index (χ0v) is 7.66. The van der Waals surface area contributed by atoms with Gasteiger partial charge in [-0.1, -0.05) is 12.2 Å². The number of halogens is 1. The van der Waals surface area contributed by atoms with Gasteiger partial charge in [0.1, 0.15) is 0 Å². The van der Waals surface area contributed by atoms with Gasteiger partial charge in [0.25, 0.3) is 0 Å². The molecule has 0 aliphatic rings. The summed E-state index contributed by atoms with van der Waals surface area (Å²) in [6.07, 6.45) is 7.58. The fraction of sp³-hybridized carbons (Fsp3) is 0.286. The maximum absolute atomic E-state index is 5.27. The Morgan fingerprint density at radius 3 is 3.00 bits per heavy atom. The van der Waals surface area contributed by atoms with E-state index < -0.39 is 0 Å². The Balaban J connectivity index is 2.45.